The number of aliphatic carboxylic acids is 1. The second-order valence-electron chi connectivity index (χ2n) is 9.62. The van der Waals surface area contributed by atoms with Crippen molar-refractivity contribution in [2.24, 2.45) is 0 Å². The molecule has 15 nitrogen and oxygen atoms in total. The molecule has 1 fully saturated rings. The van der Waals surface area contributed by atoms with Crippen molar-refractivity contribution in [1.82, 2.24) is 24.6 Å². The third-order valence-electron chi connectivity index (χ3n) is 6.76. The maximum Gasteiger partial charge on any atom is 0.320 e. The van der Waals surface area contributed by atoms with Crippen LogP contribution in [0.1, 0.15) is 20.1 Å². The summed E-state index contributed by atoms with van der Waals surface area (Å²) in [7, 11) is -1.50. The molecule has 0 radical (unpaired) electrons. The minimum Gasteiger partial charge on any atom is -0.490 e. The lowest BCUT2D eigenvalue weighted by Crippen LogP contribution is -2.44. The van der Waals surface area contributed by atoms with E-state index in [0.29, 0.717) is 22.0 Å². The number of hydrogen-bond acceptors (Lipinski definition) is 12. The molecule has 0 amide bonds. The molecule has 218 valence electrons. The number of carboxylic acids is 1. The molecule has 0 bridgehead atoms. The summed E-state index contributed by atoms with van der Waals surface area (Å²) >= 11 is 0. The largest absolute Gasteiger partial charge is 0.490 e. The highest BCUT2D eigenvalue weighted by Crippen LogP contribution is 2.41. The van der Waals surface area contributed by atoms with E-state index >= 15 is 0 Å². The van der Waals surface area contributed by atoms with Crippen LogP contribution in [0, 0.1) is 0 Å². The Hall–Kier alpha value is -4.01. The van der Waals surface area contributed by atoms with Crippen molar-refractivity contribution in [1.29, 1.82) is 0 Å². The second kappa shape index (κ2) is 11.1. The van der Waals surface area contributed by atoms with E-state index in [1.165, 1.54) is 31.9 Å². The lowest BCUT2D eigenvalue weighted by Gasteiger charge is -2.27. The molecule has 3 heterocycles. The van der Waals surface area contributed by atoms with E-state index in [0.717, 1.165) is 0 Å². The summed E-state index contributed by atoms with van der Waals surface area (Å²) in [5.74, 6) is -0.383. The van der Waals surface area contributed by atoms with E-state index in [4.69, 9.17) is 29.6 Å². The van der Waals surface area contributed by atoms with E-state index in [1.54, 1.807) is 36.4 Å². The third-order valence-corrected chi connectivity index (χ3v) is 7.83. The van der Waals surface area contributed by atoms with Crippen LogP contribution >= 0.6 is 8.18 Å². The predicted molar refractivity (Wildman–Crippen MR) is 146 cm³/mol. The number of nitrogens with one attached hydrogen (secondary N) is 1. The summed E-state index contributed by atoms with van der Waals surface area (Å²) in [5, 5.41) is 34.9. The van der Waals surface area contributed by atoms with Gasteiger partial charge in [0.2, 0.25) is 11.8 Å². The maximum absolute atomic E-state index is 12.4. The average Bonchev–Trinajstić information content (AvgIpc) is 3.44. The number of ether oxygens (including phenoxy) is 3. The Balaban J connectivity index is 1.36. The number of aliphatic hydroxyl groups excluding tert-OH is 1. The van der Waals surface area contributed by atoms with E-state index < -0.39 is 44.2 Å². The van der Waals surface area contributed by atoms with Crippen molar-refractivity contribution < 1.29 is 43.4 Å². The molecule has 1 aliphatic rings. The Kier molecular flexibility index (Phi) is 7.72. The van der Waals surface area contributed by atoms with Gasteiger partial charge in [-0.1, -0.05) is 24.3 Å². The van der Waals surface area contributed by atoms with Crippen molar-refractivity contribution in [3.05, 3.63) is 42.7 Å². The number of rotatable bonds is 10. The number of benzene rings is 2. The standard InChI is InChI=1S/C25H29N6O9P/c1-12(22(33)34)30-41(36)40-16-9-5-6-13-14(16)7-4-8-15(13)38-10-17-19(32)25(2,35)23(39-17)31-11-27-18-20(31)28-24(26)29-21(18)37-3/h4-9,11-12,17,19,23,32,35,41H,10H2,1-3H3,(H,30,36)(H,33,34)(H2,26,28,29)/t12?,17-,19-,23-,25-/m1/s1. The fraction of sp³-hybridized carbons (Fsp3) is 0.360. The molecule has 2 unspecified atom stereocenters. The molecule has 0 spiro atoms. The number of nitrogens with two attached hydrogens (primary N) is 1. The second-order valence-corrected chi connectivity index (χ2v) is 10.7. The van der Waals surface area contributed by atoms with Crippen LogP contribution < -0.4 is 24.8 Å². The molecule has 6 N–H and O–H groups in total. The summed E-state index contributed by atoms with van der Waals surface area (Å²) in [6.07, 6.45) is -2.02. The van der Waals surface area contributed by atoms with Crippen LogP contribution in [0.15, 0.2) is 42.7 Å². The van der Waals surface area contributed by atoms with E-state index in [9.17, 15) is 19.6 Å². The molecule has 1 aliphatic heterocycles. The van der Waals surface area contributed by atoms with Gasteiger partial charge in [-0.3, -0.25) is 13.9 Å². The molecule has 0 aliphatic carbocycles. The fourth-order valence-electron chi connectivity index (χ4n) is 4.61. The number of fused-ring (bicyclic) bond motifs is 2. The highest BCUT2D eigenvalue weighted by molar-refractivity contribution is 7.37. The van der Waals surface area contributed by atoms with Crippen LogP contribution in [-0.4, -0.2) is 78.4 Å². The molecule has 2 aromatic carbocycles. The fourth-order valence-corrected chi connectivity index (χ4v) is 5.52. The van der Waals surface area contributed by atoms with E-state index in [1.807, 2.05) is 0 Å². The van der Waals surface area contributed by atoms with E-state index in [2.05, 4.69) is 20.0 Å². The number of imidazole rings is 1. The SMILES string of the molecule is COc1nc(N)nc2c1ncn2[C@@H]1O[C@H](COc2cccc3c(O[PH](=O)NC(C)C(=O)O)cccc23)[C@@H](O)[C@@]1(C)O. The first kappa shape index (κ1) is 28.5. The first-order valence-electron chi connectivity index (χ1n) is 12.5. The van der Waals surface area contributed by atoms with Gasteiger partial charge in [-0.05, 0) is 26.0 Å². The van der Waals surface area contributed by atoms with Crippen molar-refractivity contribution in [2.45, 2.75) is 43.9 Å². The summed E-state index contributed by atoms with van der Waals surface area (Å²) in [5.41, 5.74) is 4.60. The van der Waals surface area contributed by atoms with Gasteiger partial charge in [0.25, 0.3) is 0 Å². The molecular formula is C25H29N6O9P. The van der Waals surface area contributed by atoms with Gasteiger partial charge in [-0.15, -0.1) is 0 Å². The number of aromatic nitrogens is 4. The molecule has 2 aromatic heterocycles. The number of methoxy groups -OCH3 is 1. The third kappa shape index (κ3) is 5.37. The predicted octanol–water partition coefficient (Wildman–Crippen LogP) is 1.49. The summed E-state index contributed by atoms with van der Waals surface area (Å²) < 4.78 is 36.7. The van der Waals surface area contributed by atoms with Gasteiger partial charge in [0, 0.05) is 10.8 Å². The van der Waals surface area contributed by atoms with Gasteiger partial charge in [0.1, 0.15) is 42.0 Å². The first-order valence-corrected chi connectivity index (χ1v) is 13.8. The Labute approximate surface area is 233 Å². The average molecular weight is 589 g/mol. The van der Waals surface area contributed by atoms with Crippen LogP contribution in [0.4, 0.5) is 5.95 Å². The monoisotopic (exact) mass is 588 g/mol. The van der Waals surface area contributed by atoms with Gasteiger partial charge < -0.3 is 39.8 Å². The Bertz CT molecular complexity index is 1630. The molecular weight excluding hydrogens is 559 g/mol. The lowest BCUT2D eigenvalue weighted by atomic mass is 9.96. The van der Waals surface area contributed by atoms with Crippen LogP contribution in [0.5, 0.6) is 17.4 Å². The zero-order valence-electron chi connectivity index (χ0n) is 22.2. The maximum atomic E-state index is 12.4. The number of nitrogen functional groups attached to an aromatic ring is 1. The number of nitrogens with zero attached hydrogens (tertiary/aromatic N) is 4. The zero-order valence-corrected chi connectivity index (χ0v) is 23.2. The molecule has 6 atom stereocenters. The Morgan fingerprint density at radius 2 is 1.93 bits per heavy atom. The zero-order chi connectivity index (χ0) is 29.5. The number of hydrogen-bond donors (Lipinski definition) is 5. The van der Waals surface area contributed by atoms with Crippen LogP contribution in [-0.2, 0) is 14.1 Å². The molecule has 0 saturated carbocycles. The van der Waals surface area contributed by atoms with Crippen molar-refractivity contribution in [3.63, 3.8) is 0 Å². The van der Waals surface area contributed by atoms with Gasteiger partial charge in [-0.25, -0.2) is 10.1 Å². The van der Waals surface area contributed by atoms with Crippen LogP contribution in [0.3, 0.4) is 0 Å². The van der Waals surface area contributed by atoms with Gasteiger partial charge in [-0.2, -0.15) is 9.97 Å². The smallest absolute Gasteiger partial charge is 0.320 e. The van der Waals surface area contributed by atoms with Crippen LogP contribution in [0.25, 0.3) is 21.9 Å². The molecule has 16 heteroatoms. The molecule has 5 rings (SSSR count). The summed E-state index contributed by atoms with van der Waals surface area (Å²) in [4.78, 5) is 23.5. The minimum absolute atomic E-state index is 0.0640. The lowest BCUT2D eigenvalue weighted by molar-refractivity contribution is -0.138. The quantitative estimate of drug-likeness (QED) is 0.166. The first-order chi connectivity index (χ1) is 19.5. The normalized spacial score (nSPS) is 23.9. The number of aliphatic hydroxyl groups is 2. The molecule has 1 saturated heterocycles. The van der Waals surface area contributed by atoms with Crippen molar-refractivity contribution in [2.75, 3.05) is 19.5 Å². The summed E-state index contributed by atoms with van der Waals surface area (Å²) in [6.45, 7) is 2.65. The Morgan fingerprint density at radius 3 is 2.61 bits per heavy atom. The Morgan fingerprint density at radius 1 is 1.24 bits per heavy atom. The number of anilines is 1. The van der Waals surface area contributed by atoms with Gasteiger partial charge >= 0.3 is 14.1 Å². The minimum atomic E-state index is -2.92. The molecule has 41 heavy (non-hydrogen) atoms. The van der Waals surface area contributed by atoms with Crippen molar-refractivity contribution in [3.8, 4) is 17.4 Å². The number of carbonyl (C=O) groups is 1. The van der Waals surface area contributed by atoms with Gasteiger partial charge in [0.05, 0.1) is 13.4 Å². The number of carboxylic acid groups (broad SMARTS) is 1. The summed E-state index contributed by atoms with van der Waals surface area (Å²) in [6, 6.07) is 9.13. The topological polar surface area (TPSA) is 213 Å². The van der Waals surface area contributed by atoms with Crippen LogP contribution in [0.2, 0.25) is 0 Å². The van der Waals surface area contributed by atoms with Gasteiger partial charge in [0.15, 0.2) is 17.4 Å². The highest BCUT2D eigenvalue weighted by Gasteiger charge is 2.54. The van der Waals surface area contributed by atoms with E-state index in [-0.39, 0.29) is 29.8 Å². The molecule has 4 aromatic rings. The van der Waals surface area contributed by atoms with Crippen molar-refractivity contribution >= 4 is 42.0 Å². The highest BCUT2D eigenvalue weighted by atomic mass is 31.1.